The van der Waals surface area contributed by atoms with Crippen molar-refractivity contribution in [3.63, 3.8) is 0 Å². The van der Waals surface area contributed by atoms with E-state index in [0.29, 0.717) is 5.82 Å². The van der Waals surface area contributed by atoms with E-state index in [9.17, 15) is 0 Å². The molecule has 4 heteroatoms. The molecule has 3 aromatic rings. The Labute approximate surface area is 128 Å². The van der Waals surface area contributed by atoms with Crippen molar-refractivity contribution in [1.82, 2.24) is 9.55 Å². The lowest BCUT2D eigenvalue weighted by atomic mass is 10.2. The molecule has 106 valence electrons. The highest BCUT2D eigenvalue weighted by Gasteiger charge is 2.19. The number of imidazole rings is 1. The Morgan fingerprint density at radius 1 is 0.864 bits per heavy atom. The third-order valence-corrected chi connectivity index (χ3v) is 3.53. The Kier molecular flexibility index (Phi) is 2.86. The number of aliphatic imine (C=N–C) groups is 1. The molecule has 0 atom stereocenters. The van der Waals surface area contributed by atoms with Crippen LogP contribution in [0.1, 0.15) is 5.56 Å². The van der Waals surface area contributed by atoms with Gasteiger partial charge in [-0.2, -0.15) is 0 Å². The normalized spacial score (nSPS) is 13.3. The van der Waals surface area contributed by atoms with Crippen molar-refractivity contribution >= 4 is 11.8 Å². The fraction of sp³-hybridized carbons (Fsp3) is 0. The van der Waals surface area contributed by atoms with Gasteiger partial charge in [-0.05, 0) is 0 Å². The number of fused-ring (bicyclic) bond motifs is 1. The van der Waals surface area contributed by atoms with Gasteiger partial charge in [0.25, 0.3) is 0 Å². The van der Waals surface area contributed by atoms with E-state index in [1.54, 1.807) is 0 Å². The summed E-state index contributed by atoms with van der Waals surface area (Å²) in [6, 6.07) is 20.1. The number of aromatic nitrogens is 2. The molecule has 2 heterocycles. The van der Waals surface area contributed by atoms with Crippen molar-refractivity contribution in [3.8, 4) is 11.3 Å². The van der Waals surface area contributed by atoms with Gasteiger partial charge in [0, 0.05) is 17.3 Å². The Bertz CT molecular complexity index is 861. The van der Waals surface area contributed by atoms with Gasteiger partial charge in [0.15, 0.2) is 0 Å². The fourth-order valence-corrected chi connectivity index (χ4v) is 2.51. The Morgan fingerprint density at radius 2 is 1.50 bits per heavy atom. The molecular formula is C18H14N4. The maximum Gasteiger partial charge on any atom is 0.215 e. The number of anilines is 1. The highest BCUT2D eigenvalue weighted by Crippen LogP contribution is 2.25. The largest absolute Gasteiger partial charge is 0.310 e. The molecule has 4 rings (SSSR count). The molecule has 0 spiro atoms. The summed E-state index contributed by atoms with van der Waals surface area (Å²) in [6.07, 6.45) is 2.00. The van der Waals surface area contributed by atoms with E-state index in [1.165, 1.54) is 0 Å². The molecule has 0 fully saturated rings. The summed E-state index contributed by atoms with van der Waals surface area (Å²) in [5.41, 5.74) is 3.01. The lowest BCUT2D eigenvalue weighted by Crippen LogP contribution is -2.21. The number of hydrogen-bond acceptors (Lipinski definition) is 3. The molecule has 0 unspecified atom stereocenters. The van der Waals surface area contributed by atoms with E-state index < -0.39 is 0 Å². The molecular weight excluding hydrogens is 272 g/mol. The smallest absolute Gasteiger partial charge is 0.215 e. The van der Waals surface area contributed by atoms with E-state index >= 15 is 0 Å². The minimum atomic E-state index is 0.594. The van der Waals surface area contributed by atoms with Gasteiger partial charge >= 0.3 is 0 Å². The first kappa shape index (κ1) is 12.6. The summed E-state index contributed by atoms with van der Waals surface area (Å²) >= 11 is 0. The number of hydrogen-bond donors (Lipinski definition) is 1. The van der Waals surface area contributed by atoms with E-state index in [-0.39, 0.29) is 0 Å². The van der Waals surface area contributed by atoms with Gasteiger partial charge in [-0.1, -0.05) is 67.2 Å². The molecule has 1 aromatic heterocycles. The average molecular weight is 286 g/mol. The maximum atomic E-state index is 4.66. The highest BCUT2D eigenvalue weighted by molar-refractivity contribution is 6.04. The zero-order valence-electron chi connectivity index (χ0n) is 11.9. The van der Waals surface area contributed by atoms with Crippen LogP contribution in [0.3, 0.4) is 0 Å². The summed E-state index contributed by atoms with van der Waals surface area (Å²) in [5.74, 6) is 2.16. The van der Waals surface area contributed by atoms with Crippen LogP contribution in [0.2, 0.25) is 0 Å². The summed E-state index contributed by atoms with van der Waals surface area (Å²) < 4.78 is 1.96. The van der Waals surface area contributed by atoms with Crippen LogP contribution in [-0.2, 0) is 0 Å². The van der Waals surface area contributed by atoms with Gasteiger partial charge in [0.05, 0.1) is 5.69 Å². The average Bonchev–Trinajstić information content (AvgIpc) is 2.99. The lowest BCUT2D eigenvalue weighted by Gasteiger charge is -2.17. The van der Waals surface area contributed by atoms with Crippen LogP contribution in [-0.4, -0.2) is 15.4 Å². The molecule has 0 amide bonds. The van der Waals surface area contributed by atoms with Crippen LogP contribution in [0.25, 0.3) is 11.3 Å². The molecule has 0 radical (unpaired) electrons. The Morgan fingerprint density at radius 3 is 2.18 bits per heavy atom. The standard InChI is InChI=1S/C18H14N4/c1-13-19-17(15-10-6-3-7-11-15)22-12-16(21-18(22)20-13)14-8-4-2-5-9-14/h2-12H,1H2,(H,20,21). The summed E-state index contributed by atoms with van der Waals surface area (Å²) in [5, 5.41) is 3.12. The molecule has 0 bridgehead atoms. The summed E-state index contributed by atoms with van der Waals surface area (Å²) in [4.78, 5) is 9.19. The van der Waals surface area contributed by atoms with Crippen molar-refractivity contribution in [2.45, 2.75) is 0 Å². The van der Waals surface area contributed by atoms with Crippen molar-refractivity contribution in [1.29, 1.82) is 0 Å². The number of benzene rings is 2. The molecule has 0 aliphatic carbocycles. The predicted octanol–water partition coefficient (Wildman–Crippen LogP) is 3.74. The first-order chi connectivity index (χ1) is 10.8. The van der Waals surface area contributed by atoms with Gasteiger partial charge in [-0.25, -0.2) is 9.98 Å². The van der Waals surface area contributed by atoms with Gasteiger partial charge in [-0.15, -0.1) is 0 Å². The van der Waals surface area contributed by atoms with Crippen molar-refractivity contribution in [2.75, 3.05) is 5.32 Å². The zero-order chi connectivity index (χ0) is 14.9. The van der Waals surface area contributed by atoms with E-state index in [0.717, 1.165) is 28.6 Å². The third kappa shape index (κ3) is 2.11. The van der Waals surface area contributed by atoms with Crippen molar-refractivity contribution in [2.24, 2.45) is 4.99 Å². The highest BCUT2D eigenvalue weighted by atomic mass is 15.3. The quantitative estimate of drug-likeness (QED) is 0.779. The zero-order valence-corrected chi connectivity index (χ0v) is 11.9. The molecule has 1 aliphatic heterocycles. The van der Waals surface area contributed by atoms with Crippen LogP contribution in [0.4, 0.5) is 5.95 Å². The number of rotatable bonds is 2. The van der Waals surface area contributed by atoms with Crippen LogP contribution >= 0.6 is 0 Å². The van der Waals surface area contributed by atoms with Gasteiger partial charge in [0.2, 0.25) is 5.95 Å². The van der Waals surface area contributed by atoms with E-state index in [1.807, 2.05) is 71.4 Å². The molecule has 22 heavy (non-hydrogen) atoms. The molecule has 1 N–H and O–H groups in total. The fourth-order valence-electron chi connectivity index (χ4n) is 2.51. The molecule has 2 aromatic carbocycles. The van der Waals surface area contributed by atoms with Gasteiger partial charge in [-0.3, -0.25) is 4.57 Å². The molecule has 4 nitrogen and oxygen atoms in total. The molecule has 0 saturated heterocycles. The van der Waals surface area contributed by atoms with Crippen LogP contribution in [0.5, 0.6) is 0 Å². The lowest BCUT2D eigenvalue weighted by molar-refractivity contribution is 1.05. The minimum absolute atomic E-state index is 0.594. The predicted molar refractivity (Wildman–Crippen MR) is 88.8 cm³/mol. The maximum absolute atomic E-state index is 4.66. The number of nitrogens with zero attached hydrogens (tertiary/aromatic N) is 3. The van der Waals surface area contributed by atoms with E-state index in [4.69, 9.17) is 0 Å². The Balaban J connectivity index is 1.85. The van der Waals surface area contributed by atoms with E-state index in [2.05, 4.69) is 21.9 Å². The number of nitrogens with one attached hydrogen (secondary N) is 1. The van der Waals surface area contributed by atoms with Crippen LogP contribution in [0, 0.1) is 0 Å². The van der Waals surface area contributed by atoms with Crippen LogP contribution < -0.4 is 5.32 Å². The van der Waals surface area contributed by atoms with Gasteiger partial charge in [0.1, 0.15) is 11.7 Å². The SMILES string of the molecule is C=C1N=C(c2ccccc2)n2cc(-c3ccccc3)nc2N1. The van der Waals surface area contributed by atoms with Crippen molar-refractivity contribution in [3.05, 3.63) is 84.8 Å². The summed E-state index contributed by atoms with van der Waals surface area (Å²) in [7, 11) is 0. The molecule has 1 aliphatic rings. The first-order valence-electron chi connectivity index (χ1n) is 7.06. The Hall–Kier alpha value is -3.14. The second kappa shape index (κ2) is 5.00. The van der Waals surface area contributed by atoms with Gasteiger partial charge < -0.3 is 5.32 Å². The van der Waals surface area contributed by atoms with Crippen LogP contribution in [0.15, 0.2) is 84.3 Å². The monoisotopic (exact) mass is 286 g/mol. The topological polar surface area (TPSA) is 42.2 Å². The second-order valence-electron chi connectivity index (χ2n) is 5.06. The minimum Gasteiger partial charge on any atom is -0.310 e. The summed E-state index contributed by atoms with van der Waals surface area (Å²) in [6.45, 7) is 3.92. The van der Waals surface area contributed by atoms with Crippen molar-refractivity contribution < 1.29 is 0 Å². The third-order valence-electron chi connectivity index (χ3n) is 3.53. The first-order valence-corrected chi connectivity index (χ1v) is 7.06. The molecule has 0 saturated carbocycles. The second-order valence-corrected chi connectivity index (χ2v) is 5.06.